The second-order valence-corrected chi connectivity index (χ2v) is 9.86. The molecule has 2 aromatic carbocycles. The van der Waals surface area contributed by atoms with E-state index in [0.717, 1.165) is 33.5 Å². The fourth-order valence-electron chi connectivity index (χ4n) is 3.87. The fourth-order valence-corrected chi connectivity index (χ4v) is 5.09. The molecule has 2 heterocycles. The first-order chi connectivity index (χ1) is 16.0. The molecular weight excluding hydrogens is 504 g/mol. The minimum absolute atomic E-state index is 0.0770. The van der Waals surface area contributed by atoms with Gasteiger partial charge in [0, 0.05) is 20.9 Å². The number of nitrogens with one attached hydrogen (secondary N) is 2. The van der Waals surface area contributed by atoms with Crippen LogP contribution in [0.3, 0.4) is 0 Å². The number of nitrogens with zero attached hydrogens (tertiary/aromatic N) is 2. The van der Waals surface area contributed by atoms with Crippen molar-refractivity contribution < 1.29 is 14.5 Å². The van der Waals surface area contributed by atoms with E-state index in [9.17, 15) is 9.90 Å². The Balaban J connectivity index is 1.77. The number of fused-ring (bicyclic) bond motifs is 3. The third kappa shape index (κ3) is 5.19. The first-order valence-corrected chi connectivity index (χ1v) is 13.0. The molecule has 0 unspecified atom stereocenters. The summed E-state index contributed by atoms with van der Waals surface area (Å²) in [6.45, 7) is 4.50. The van der Waals surface area contributed by atoms with Gasteiger partial charge in [-0.3, -0.25) is 9.78 Å². The number of hydrogen-bond donors (Lipinski definition) is 3. The number of aromatic amines is 1. The maximum Gasteiger partial charge on any atom is 0.325 e. The molecule has 1 aliphatic heterocycles. The van der Waals surface area contributed by atoms with Crippen LogP contribution >= 0.6 is 27.7 Å². The van der Waals surface area contributed by atoms with Gasteiger partial charge in [0.15, 0.2) is 11.5 Å². The van der Waals surface area contributed by atoms with Crippen molar-refractivity contribution >= 4 is 33.4 Å². The number of thioether (sulfide) groups is 1. The van der Waals surface area contributed by atoms with E-state index in [1.54, 1.807) is 28.6 Å². The third-order valence-corrected chi connectivity index (χ3v) is 6.92. The number of aromatic nitrogens is 3. The average molecular weight is 532 g/mol. The Labute approximate surface area is 205 Å². The van der Waals surface area contributed by atoms with Crippen LogP contribution in [-0.4, -0.2) is 27.5 Å². The lowest BCUT2D eigenvalue weighted by molar-refractivity contribution is -0.759. The fraction of sp³-hybridized carbons (Fsp3) is 0.375. The molecular formula is C24H28BrN4O3S+. The maximum absolute atomic E-state index is 13.3. The molecule has 9 heteroatoms. The van der Waals surface area contributed by atoms with Gasteiger partial charge in [-0.25, -0.2) is 0 Å². The second kappa shape index (κ2) is 10.6. The van der Waals surface area contributed by atoms with E-state index < -0.39 is 6.17 Å². The van der Waals surface area contributed by atoms with Gasteiger partial charge in [-0.2, -0.15) is 0 Å². The standard InChI is InChI=1S/C24H27BrN4O3S/c1-3-5-6-7-12-33-24-27-23(31)21-17-14-16(25)9-10-18(17)26-22(29(21)28-24)15-8-11-19(30)20(13-15)32-4-2/h8-11,13-14,22H,3-7,12H2,1-2H3,(H2,27,28,30,31)/p+1/t22-/m0/s1. The summed E-state index contributed by atoms with van der Waals surface area (Å²) in [5.74, 6) is 1.38. The van der Waals surface area contributed by atoms with Crippen LogP contribution in [0.5, 0.6) is 11.5 Å². The number of unbranched alkanes of at least 4 members (excludes halogenated alkanes) is 3. The number of anilines is 1. The summed E-state index contributed by atoms with van der Waals surface area (Å²) in [5, 5.41) is 19.1. The molecule has 1 aromatic heterocycles. The van der Waals surface area contributed by atoms with E-state index >= 15 is 0 Å². The van der Waals surface area contributed by atoms with Crippen LogP contribution in [0.25, 0.3) is 11.3 Å². The number of phenols is 1. The highest BCUT2D eigenvalue weighted by atomic mass is 79.9. The monoisotopic (exact) mass is 531 g/mol. The zero-order valence-electron chi connectivity index (χ0n) is 18.7. The van der Waals surface area contributed by atoms with Crippen molar-refractivity contribution in [2.45, 2.75) is 50.9 Å². The van der Waals surface area contributed by atoms with E-state index in [1.165, 1.54) is 19.3 Å². The first-order valence-electron chi connectivity index (χ1n) is 11.2. The van der Waals surface area contributed by atoms with Gasteiger partial charge in [0.1, 0.15) is 0 Å². The van der Waals surface area contributed by atoms with E-state index in [-0.39, 0.29) is 11.3 Å². The maximum atomic E-state index is 13.3. The predicted octanol–water partition coefficient (Wildman–Crippen LogP) is 5.24. The van der Waals surface area contributed by atoms with E-state index in [2.05, 4.69) is 33.2 Å². The number of halogens is 1. The van der Waals surface area contributed by atoms with Gasteiger partial charge in [0.2, 0.25) is 5.16 Å². The normalized spacial score (nSPS) is 14.3. The summed E-state index contributed by atoms with van der Waals surface area (Å²) < 4.78 is 8.21. The average Bonchev–Trinajstić information content (AvgIpc) is 2.80. The molecule has 0 spiro atoms. The van der Waals surface area contributed by atoms with Crippen LogP contribution in [0, 0.1) is 0 Å². The quantitative estimate of drug-likeness (QED) is 0.199. The molecule has 1 atom stereocenters. The van der Waals surface area contributed by atoms with Crippen LogP contribution in [0.2, 0.25) is 0 Å². The lowest BCUT2D eigenvalue weighted by Gasteiger charge is -2.23. The van der Waals surface area contributed by atoms with Crippen molar-refractivity contribution in [3.8, 4) is 22.8 Å². The number of aromatic hydroxyl groups is 1. The van der Waals surface area contributed by atoms with Gasteiger partial charge in [-0.05, 0) is 54.4 Å². The highest BCUT2D eigenvalue weighted by Crippen LogP contribution is 2.36. The molecule has 0 fully saturated rings. The minimum Gasteiger partial charge on any atom is -0.504 e. The van der Waals surface area contributed by atoms with Gasteiger partial charge in [-0.1, -0.05) is 53.9 Å². The Morgan fingerprint density at radius 2 is 2.03 bits per heavy atom. The van der Waals surface area contributed by atoms with Crippen molar-refractivity contribution in [2.24, 2.45) is 0 Å². The smallest absolute Gasteiger partial charge is 0.325 e. The summed E-state index contributed by atoms with van der Waals surface area (Å²) in [4.78, 5) is 16.2. The Kier molecular flexibility index (Phi) is 7.60. The molecule has 0 saturated carbocycles. The van der Waals surface area contributed by atoms with E-state index in [1.807, 2.05) is 31.2 Å². The third-order valence-electron chi connectivity index (χ3n) is 5.47. The topological polar surface area (TPSA) is 91.1 Å². The number of H-pyrrole nitrogens is 1. The zero-order chi connectivity index (χ0) is 23.4. The highest BCUT2D eigenvalue weighted by Gasteiger charge is 2.38. The van der Waals surface area contributed by atoms with Crippen LogP contribution in [0.1, 0.15) is 51.3 Å². The second-order valence-electron chi connectivity index (χ2n) is 7.86. The van der Waals surface area contributed by atoms with Crippen LogP contribution < -0.4 is 20.3 Å². The van der Waals surface area contributed by atoms with Crippen molar-refractivity contribution in [3.05, 3.63) is 56.8 Å². The summed E-state index contributed by atoms with van der Waals surface area (Å²) in [7, 11) is 0. The SMILES string of the molecule is CCCCCCSc1n[n+]2c(c(=O)[nH]1)-c1cc(Br)ccc1N[C@@H]2c1ccc(O)c(OCC)c1. The molecule has 3 N–H and O–H groups in total. The Morgan fingerprint density at radius 1 is 1.18 bits per heavy atom. The van der Waals surface area contributed by atoms with Crippen LogP contribution in [-0.2, 0) is 0 Å². The molecule has 0 saturated heterocycles. The molecule has 174 valence electrons. The van der Waals surface area contributed by atoms with Gasteiger partial charge in [0.05, 0.1) is 17.9 Å². The van der Waals surface area contributed by atoms with Crippen LogP contribution in [0.4, 0.5) is 5.69 Å². The van der Waals surface area contributed by atoms with Crippen LogP contribution in [0.15, 0.2) is 50.8 Å². The number of ether oxygens (including phenoxy) is 1. The molecule has 0 bridgehead atoms. The van der Waals surface area contributed by atoms with Gasteiger partial charge in [-0.15, -0.1) is 0 Å². The molecule has 0 amide bonds. The zero-order valence-corrected chi connectivity index (χ0v) is 21.1. The molecule has 1 aliphatic rings. The van der Waals surface area contributed by atoms with Gasteiger partial charge in [0.25, 0.3) is 6.17 Å². The number of hydrogen-bond acceptors (Lipinski definition) is 6. The summed E-state index contributed by atoms with van der Waals surface area (Å²) in [6.07, 6.45) is 4.22. The summed E-state index contributed by atoms with van der Waals surface area (Å²) >= 11 is 5.08. The van der Waals surface area contributed by atoms with E-state index in [0.29, 0.717) is 23.2 Å². The Morgan fingerprint density at radius 3 is 2.82 bits per heavy atom. The van der Waals surface area contributed by atoms with Gasteiger partial charge >= 0.3 is 11.3 Å². The summed E-state index contributed by atoms with van der Waals surface area (Å²) in [6, 6.07) is 11.0. The van der Waals surface area contributed by atoms with Crippen molar-refractivity contribution in [1.29, 1.82) is 0 Å². The molecule has 0 aliphatic carbocycles. The molecule has 33 heavy (non-hydrogen) atoms. The minimum atomic E-state index is -0.435. The number of rotatable bonds is 9. The Bertz CT molecular complexity index is 1200. The Hall–Kier alpha value is -2.52. The summed E-state index contributed by atoms with van der Waals surface area (Å²) in [5.41, 5.74) is 2.74. The first kappa shape index (κ1) is 23.6. The molecule has 7 nitrogen and oxygen atoms in total. The molecule has 0 radical (unpaired) electrons. The molecule has 3 aromatic rings. The lowest BCUT2D eigenvalue weighted by Crippen LogP contribution is -2.55. The highest BCUT2D eigenvalue weighted by molar-refractivity contribution is 9.10. The van der Waals surface area contributed by atoms with Crippen molar-refractivity contribution in [1.82, 2.24) is 10.1 Å². The number of phenolic OH excluding ortho intramolecular Hbond substituents is 1. The van der Waals surface area contributed by atoms with Crippen molar-refractivity contribution in [3.63, 3.8) is 0 Å². The number of benzene rings is 2. The predicted molar refractivity (Wildman–Crippen MR) is 134 cm³/mol. The lowest BCUT2D eigenvalue weighted by atomic mass is 10.0. The van der Waals surface area contributed by atoms with Crippen molar-refractivity contribution in [2.75, 3.05) is 17.7 Å². The van der Waals surface area contributed by atoms with E-state index in [4.69, 9.17) is 9.84 Å². The van der Waals surface area contributed by atoms with Gasteiger partial charge < -0.3 is 15.2 Å². The molecule has 4 rings (SSSR count). The largest absolute Gasteiger partial charge is 0.504 e.